The van der Waals surface area contributed by atoms with Crippen molar-refractivity contribution in [1.29, 1.82) is 0 Å². The van der Waals surface area contributed by atoms with Gasteiger partial charge in [0.25, 0.3) is 0 Å². The van der Waals surface area contributed by atoms with Crippen LogP contribution in [0.2, 0.25) is 5.02 Å². The van der Waals surface area contributed by atoms with Gasteiger partial charge in [0.05, 0.1) is 24.4 Å². The first-order valence-corrected chi connectivity index (χ1v) is 9.69. The number of halogens is 2. The van der Waals surface area contributed by atoms with E-state index in [9.17, 15) is 4.79 Å². The Bertz CT molecular complexity index is 877. The number of hydrogen-bond donors (Lipinski definition) is 3. The van der Waals surface area contributed by atoms with E-state index >= 15 is 0 Å². The van der Waals surface area contributed by atoms with Crippen LogP contribution in [-0.4, -0.2) is 39.2 Å². The lowest BCUT2D eigenvalue weighted by atomic mass is 10.2. The Morgan fingerprint density at radius 3 is 2.53 bits per heavy atom. The highest BCUT2D eigenvalue weighted by Crippen LogP contribution is 2.30. The number of nitrogens with zero attached hydrogens (tertiary/aromatic N) is 1. The normalized spacial score (nSPS) is 10.6. The van der Waals surface area contributed by atoms with Crippen LogP contribution in [-0.2, 0) is 4.79 Å². The standard InChI is InChI=1S/C21H27ClN4O3.HI/c1-5-29-18-9-7-15(13-19(18)28-4)25-21(23-3)24-11-10-20(27)26-17-8-6-14(2)12-16(17)22;/h6-9,12-13H,5,10-11H2,1-4H3,(H,26,27)(H2,23,24,25);1H. The van der Waals surface area contributed by atoms with E-state index in [1.165, 1.54) is 0 Å². The average Bonchev–Trinajstić information content (AvgIpc) is 2.70. The summed E-state index contributed by atoms with van der Waals surface area (Å²) in [7, 11) is 3.25. The zero-order valence-corrected chi connectivity index (χ0v) is 20.6. The number of hydrogen-bond acceptors (Lipinski definition) is 4. The van der Waals surface area contributed by atoms with Crippen molar-refractivity contribution in [2.45, 2.75) is 20.3 Å². The number of nitrogens with one attached hydrogen (secondary N) is 3. The summed E-state index contributed by atoms with van der Waals surface area (Å²) in [5.74, 6) is 1.70. The maximum absolute atomic E-state index is 12.2. The van der Waals surface area contributed by atoms with E-state index in [2.05, 4.69) is 20.9 Å². The summed E-state index contributed by atoms with van der Waals surface area (Å²) in [4.78, 5) is 16.3. The van der Waals surface area contributed by atoms with E-state index in [1.807, 2.05) is 44.2 Å². The van der Waals surface area contributed by atoms with Crippen LogP contribution in [0, 0.1) is 6.92 Å². The van der Waals surface area contributed by atoms with Crippen LogP contribution in [0.3, 0.4) is 0 Å². The van der Waals surface area contributed by atoms with Crippen LogP contribution in [0.25, 0.3) is 0 Å². The Balaban J connectivity index is 0.00000450. The molecule has 0 aliphatic carbocycles. The number of anilines is 2. The SMILES string of the molecule is CCOc1ccc(NC(=NC)NCCC(=O)Nc2ccc(C)cc2Cl)cc1OC.I. The Kier molecular flexibility index (Phi) is 11.3. The molecule has 30 heavy (non-hydrogen) atoms. The van der Waals surface area contributed by atoms with Gasteiger partial charge in [0.15, 0.2) is 17.5 Å². The lowest BCUT2D eigenvalue weighted by molar-refractivity contribution is -0.116. The molecule has 7 nitrogen and oxygen atoms in total. The molecule has 0 saturated heterocycles. The predicted molar refractivity (Wildman–Crippen MR) is 134 cm³/mol. The average molecular weight is 547 g/mol. The summed E-state index contributed by atoms with van der Waals surface area (Å²) >= 11 is 6.15. The second-order valence-corrected chi connectivity index (χ2v) is 6.61. The molecule has 9 heteroatoms. The van der Waals surface area contributed by atoms with E-state index in [0.29, 0.717) is 41.3 Å². The first-order chi connectivity index (χ1) is 14.0. The van der Waals surface area contributed by atoms with Crippen LogP contribution in [0.15, 0.2) is 41.4 Å². The van der Waals surface area contributed by atoms with Crippen molar-refractivity contribution in [3.8, 4) is 11.5 Å². The molecule has 0 saturated carbocycles. The maximum atomic E-state index is 12.2. The number of amides is 1. The number of ether oxygens (including phenoxy) is 2. The van der Waals surface area contributed by atoms with Crippen molar-refractivity contribution < 1.29 is 14.3 Å². The molecule has 0 fully saturated rings. The number of carbonyl (C=O) groups excluding carboxylic acids is 1. The quantitative estimate of drug-likeness (QED) is 0.254. The first kappa shape index (κ1) is 25.8. The Morgan fingerprint density at radius 1 is 1.13 bits per heavy atom. The van der Waals surface area contributed by atoms with Gasteiger partial charge in [0.1, 0.15) is 0 Å². The molecular weight excluding hydrogens is 519 g/mol. The first-order valence-electron chi connectivity index (χ1n) is 9.31. The number of methoxy groups -OCH3 is 1. The Hall–Kier alpha value is -2.20. The van der Waals surface area contributed by atoms with E-state index in [-0.39, 0.29) is 36.3 Å². The van der Waals surface area contributed by atoms with Gasteiger partial charge in [-0.15, -0.1) is 24.0 Å². The second kappa shape index (κ2) is 13.2. The molecule has 0 aromatic heterocycles. The summed E-state index contributed by atoms with van der Waals surface area (Å²) in [5.41, 5.74) is 2.43. The number of benzene rings is 2. The van der Waals surface area contributed by atoms with E-state index in [1.54, 1.807) is 20.2 Å². The molecule has 2 aromatic carbocycles. The molecule has 0 aliphatic rings. The molecule has 2 rings (SSSR count). The van der Waals surface area contributed by atoms with Crippen LogP contribution in [0.5, 0.6) is 11.5 Å². The van der Waals surface area contributed by atoms with Gasteiger partial charge in [0, 0.05) is 31.8 Å². The molecule has 0 atom stereocenters. The van der Waals surface area contributed by atoms with Crippen molar-refractivity contribution in [1.82, 2.24) is 5.32 Å². The summed E-state index contributed by atoms with van der Waals surface area (Å²) in [6.07, 6.45) is 0.261. The minimum Gasteiger partial charge on any atom is -0.493 e. The molecule has 0 spiro atoms. The van der Waals surface area contributed by atoms with E-state index < -0.39 is 0 Å². The molecule has 0 unspecified atom stereocenters. The van der Waals surface area contributed by atoms with Crippen LogP contribution in [0.4, 0.5) is 11.4 Å². The number of aryl methyl sites for hydroxylation is 1. The fraction of sp³-hybridized carbons (Fsp3) is 0.333. The number of guanidine groups is 1. The topological polar surface area (TPSA) is 84.0 Å². The minimum atomic E-state index is -0.138. The van der Waals surface area contributed by atoms with Gasteiger partial charge in [-0.1, -0.05) is 17.7 Å². The monoisotopic (exact) mass is 546 g/mol. The van der Waals surface area contributed by atoms with Crippen molar-refractivity contribution in [3.63, 3.8) is 0 Å². The fourth-order valence-electron chi connectivity index (χ4n) is 2.56. The van der Waals surface area contributed by atoms with Crippen molar-refractivity contribution in [2.24, 2.45) is 4.99 Å². The number of rotatable bonds is 8. The number of carbonyl (C=O) groups is 1. The van der Waals surface area contributed by atoms with E-state index in [4.69, 9.17) is 21.1 Å². The maximum Gasteiger partial charge on any atom is 0.226 e. The predicted octanol–water partition coefficient (Wildman–Crippen LogP) is 4.69. The van der Waals surface area contributed by atoms with Crippen LogP contribution < -0.4 is 25.4 Å². The van der Waals surface area contributed by atoms with Crippen LogP contribution >= 0.6 is 35.6 Å². The van der Waals surface area contributed by atoms with Gasteiger partial charge in [-0.3, -0.25) is 9.79 Å². The smallest absolute Gasteiger partial charge is 0.226 e. The summed E-state index contributed by atoms with van der Waals surface area (Å²) < 4.78 is 10.9. The highest BCUT2D eigenvalue weighted by molar-refractivity contribution is 14.0. The highest BCUT2D eigenvalue weighted by Gasteiger charge is 2.09. The molecule has 3 N–H and O–H groups in total. The third kappa shape index (κ3) is 7.91. The second-order valence-electron chi connectivity index (χ2n) is 6.20. The zero-order valence-electron chi connectivity index (χ0n) is 17.5. The molecule has 164 valence electrons. The summed E-state index contributed by atoms with van der Waals surface area (Å²) in [6, 6.07) is 11.0. The van der Waals surface area contributed by atoms with Gasteiger partial charge in [-0.25, -0.2) is 0 Å². The molecule has 0 bridgehead atoms. The summed E-state index contributed by atoms with van der Waals surface area (Å²) in [6.45, 7) is 4.83. The van der Waals surface area contributed by atoms with Gasteiger partial charge < -0.3 is 25.4 Å². The molecule has 0 heterocycles. The van der Waals surface area contributed by atoms with Crippen LogP contribution in [0.1, 0.15) is 18.9 Å². The summed E-state index contributed by atoms with van der Waals surface area (Å²) in [5, 5.41) is 9.60. The van der Waals surface area contributed by atoms with Gasteiger partial charge in [-0.05, 0) is 43.7 Å². The molecular formula is C21H28ClIN4O3. The van der Waals surface area contributed by atoms with E-state index in [0.717, 1.165) is 11.3 Å². The van der Waals surface area contributed by atoms with Gasteiger partial charge >= 0.3 is 0 Å². The molecule has 0 radical (unpaired) electrons. The largest absolute Gasteiger partial charge is 0.493 e. The molecule has 0 aliphatic heterocycles. The van der Waals surface area contributed by atoms with Crippen molar-refractivity contribution in [3.05, 3.63) is 47.0 Å². The Labute approximate surface area is 199 Å². The third-order valence-corrected chi connectivity index (χ3v) is 4.31. The van der Waals surface area contributed by atoms with Crippen molar-refractivity contribution in [2.75, 3.05) is 37.9 Å². The van der Waals surface area contributed by atoms with Crippen molar-refractivity contribution >= 4 is 58.8 Å². The number of aliphatic imine (C=N–C) groups is 1. The van der Waals surface area contributed by atoms with Gasteiger partial charge in [0.2, 0.25) is 5.91 Å². The lowest BCUT2D eigenvalue weighted by Crippen LogP contribution is -2.33. The zero-order chi connectivity index (χ0) is 21.2. The molecule has 2 aromatic rings. The fourth-order valence-corrected chi connectivity index (χ4v) is 2.85. The minimum absolute atomic E-state index is 0. The third-order valence-electron chi connectivity index (χ3n) is 3.99. The molecule has 1 amide bonds. The Morgan fingerprint density at radius 2 is 1.90 bits per heavy atom. The highest BCUT2D eigenvalue weighted by atomic mass is 127. The lowest BCUT2D eigenvalue weighted by Gasteiger charge is -2.14. The van der Waals surface area contributed by atoms with Gasteiger partial charge in [-0.2, -0.15) is 0 Å².